The van der Waals surface area contributed by atoms with E-state index in [2.05, 4.69) is 5.32 Å². The summed E-state index contributed by atoms with van der Waals surface area (Å²) in [6.07, 6.45) is 1.06. The van der Waals surface area contributed by atoms with E-state index >= 15 is 0 Å². The van der Waals surface area contributed by atoms with E-state index in [1.54, 1.807) is 19.1 Å². The zero-order valence-corrected chi connectivity index (χ0v) is 19.1. The number of sulfonamides is 1. The van der Waals surface area contributed by atoms with E-state index in [0.29, 0.717) is 11.4 Å². The van der Waals surface area contributed by atoms with Crippen LogP contribution in [0.25, 0.3) is 0 Å². The Bertz CT molecular complexity index is 1010. The standard InChI is InChI=1S/C21H27ClN2O4S/c1-13-7-9-18(14(2)11-13)15(3)23-21(25)16(4)24(29(6,26)27)17-8-10-20(28-5)19(22)12-17/h7-12,15-16H,1-6H3,(H,23,25)/t15-,16-/m1/s1. The highest BCUT2D eigenvalue weighted by atomic mass is 35.5. The van der Waals surface area contributed by atoms with Crippen LogP contribution in [-0.4, -0.2) is 33.7 Å². The van der Waals surface area contributed by atoms with Gasteiger partial charge in [0.25, 0.3) is 0 Å². The Morgan fingerprint density at radius 3 is 2.31 bits per heavy atom. The van der Waals surface area contributed by atoms with Gasteiger partial charge in [-0.2, -0.15) is 0 Å². The van der Waals surface area contributed by atoms with E-state index in [-0.39, 0.29) is 11.1 Å². The second kappa shape index (κ2) is 9.05. The van der Waals surface area contributed by atoms with Crippen LogP contribution in [-0.2, 0) is 14.8 Å². The average molecular weight is 439 g/mol. The van der Waals surface area contributed by atoms with E-state index < -0.39 is 22.0 Å². The summed E-state index contributed by atoms with van der Waals surface area (Å²) in [7, 11) is -2.27. The molecular formula is C21H27ClN2O4S. The van der Waals surface area contributed by atoms with Gasteiger partial charge in [0.2, 0.25) is 15.9 Å². The highest BCUT2D eigenvalue weighted by molar-refractivity contribution is 7.92. The van der Waals surface area contributed by atoms with Crippen molar-refractivity contribution in [1.29, 1.82) is 0 Å². The quantitative estimate of drug-likeness (QED) is 0.708. The lowest BCUT2D eigenvalue weighted by atomic mass is 10.00. The van der Waals surface area contributed by atoms with Crippen molar-refractivity contribution in [2.24, 2.45) is 0 Å². The van der Waals surface area contributed by atoms with E-state index in [4.69, 9.17) is 16.3 Å². The first kappa shape index (κ1) is 23.0. The summed E-state index contributed by atoms with van der Waals surface area (Å²) in [6.45, 7) is 7.41. The molecule has 1 amide bonds. The first-order chi connectivity index (χ1) is 13.5. The van der Waals surface area contributed by atoms with E-state index in [1.165, 1.54) is 13.2 Å². The molecule has 0 heterocycles. The number of amides is 1. The van der Waals surface area contributed by atoms with Crippen molar-refractivity contribution in [1.82, 2.24) is 5.32 Å². The lowest BCUT2D eigenvalue weighted by Crippen LogP contribution is -2.48. The number of nitrogens with one attached hydrogen (secondary N) is 1. The fraction of sp³-hybridized carbons (Fsp3) is 0.381. The van der Waals surface area contributed by atoms with Crippen LogP contribution in [0.5, 0.6) is 5.75 Å². The Kier molecular flexibility index (Phi) is 7.19. The highest BCUT2D eigenvalue weighted by Crippen LogP contribution is 2.31. The summed E-state index contributed by atoms with van der Waals surface area (Å²) in [6, 6.07) is 9.35. The monoisotopic (exact) mass is 438 g/mol. The SMILES string of the molecule is COc1ccc(N([C@H](C)C(=O)N[C@H](C)c2ccc(C)cc2C)S(C)(=O)=O)cc1Cl. The van der Waals surface area contributed by atoms with Gasteiger partial charge in [-0.1, -0.05) is 35.4 Å². The van der Waals surface area contributed by atoms with Crippen molar-refractivity contribution in [3.63, 3.8) is 0 Å². The molecule has 6 nitrogen and oxygen atoms in total. The molecule has 29 heavy (non-hydrogen) atoms. The number of hydrogen-bond acceptors (Lipinski definition) is 4. The molecule has 0 saturated carbocycles. The van der Waals surface area contributed by atoms with Crippen LogP contribution in [0.1, 0.15) is 36.6 Å². The van der Waals surface area contributed by atoms with Crippen LogP contribution >= 0.6 is 11.6 Å². The fourth-order valence-electron chi connectivity index (χ4n) is 3.32. The molecular weight excluding hydrogens is 412 g/mol. The number of halogens is 1. The van der Waals surface area contributed by atoms with Gasteiger partial charge in [0.1, 0.15) is 11.8 Å². The minimum absolute atomic E-state index is 0.259. The third-order valence-electron chi connectivity index (χ3n) is 4.73. The van der Waals surface area contributed by atoms with E-state index in [0.717, 1.165) is 27.3 Å². The van der Waals surface area contributed by atoms with Crippen molar-refractivity contribution in [2.75, 3.05) is 17.7 Å². The molecule has 158 valence electrons. The molecule has 0 radical (unpaired) electrons. The number of methoxy groups -OCH3 is 1. The molecule has 1 N–H and O–H groups in total. The summed E-state index contributed by atoms with van der Waals surface area (Å²) >= 11 is 6.16. The predicted octanol–water partition coefficient (Wildman–Crippen LogP) is 4.00. The number of carbonyl (C=O) groups is 1. The van der Waals surface area contributed by atoms with Crippen molar-refractivity contribution in [3.8, 4) is 5.75 Å². The van der Waals surface area contributed by atoms with Crippen molar-refractivity contribution < 1.29 is 17.9 Å². The van der Waals surface area contributed by atoms with Crippen LogP contribution in [0, 0.1) is 13.8 Å². The third-order valence-corrected chi connectivity index (χ3v) is 6.27. The highest BCUT2D eigenvalue weighted by Gasteiger charge is 2.30. The minimum atomic E-state index is -3.74. The average Bonchev–Trinajstić information content (AvgIpc) is 2.60. The van der Waals surface area contributed by atoms with Crippen molar-refractivity contribution in [3.05, 3.63) is 58.1 Å². The Morgan fingerprint density at radius 1 is 1.14 bits per heavy atom. The van der Waals surface area contributed by atoms with Crippen LogP contribution in [0.3, 0.4) is 0 Å². The Labute approximate surface area is 177 Å². The zero-order valence-electron chi connectivity index (χ0n) is 17.5. The number of anilines is 1. The summed E-state index contributed by atoms with van der Waals surface area (Å²) in [4.78, 5) is 12.9. The maximum atomic E-state index is 12.9. The van der Waals surface area contributed by atoms with Gasteiger partial charge >= 0.3 is 0 Å². The molecule has 0 aliphatic heterocycles. The normalized spacial score (nSPS) is 13.5. The molecule has 0 bridgehead atoms. The van der Waals surface area contributed by atoms with Gasteiger partial charge in [-0.15, -0.1) is 0 Å². The van der Waals surface area contributed by atoms with Crippen LogP contribution in [0.2, 0.25) is 5.02 Å². The minimum Gasteiger partial charge on any atom is -0.495 e. The van der Waals surface area contributed by atoms with E-state index in [9.17, 15) is 13.2 Å². The van der Waals surface area contributed by atoms with Gasteiger partial charge in [0, 0.05) is 0 Å². The number of benzene rings is 2. The molecule has 0 aliphatic rings. The molecule has 0 spiro atoms. The maximum absolute atomic E-state index is 12.9. The Morgan fingerprint density at radius 2 is 1.79 bits per heavy atom. The molecule has 2 atom stereocenters. The molecule has 0 fully saturated rings. The van der Waals surface area contributed by atoms with Gasteiger partial charge in [-0.3, -0.25) is 9.10 Å². The summed E-state index contributed by atoms with van der Waals surface area (Å²) in [5.41, 5.74) is 3.47. The number of aryl methyl sites for hydroxylation is 2. The van der Waals surface area contributed by atoms with Crippen LogP contribution in [0.4, 0.5) is 5.69 Å². The first-order valence-electron chi connectivity index (χ1n) is 9.16. The van der Waals surface area contributed by atoms with Crippen LogP contribution in [0.15, 0.2) is 36.4 Å². The van der Waals surface area contributed by atoms with Gasteiger partial charge < -0.3 is 10.1 Å². The first-order valence-corrected chi connectivity index (χ1v) is 11.4. The molecule has 0 saturated heterocycles. The van der Waals surface area contributed by atoms with Crippen molar-refractivity contribution in [2.45, 2.75) is 39.8 Å². The van der Waals surface area contributed by atoms with Gasteiger partial charge in [-0.05, 0) is 57.0 Å². The molecule has 0 unspecified atom stereocenters. The summed E-state index contributed by atoms with van der Waals surface area (Å²) in [5, 5.41) is 3.17. The lowest BCUT2D eigenvalue weighted by molar-refractivity contribution is -0.122. The van der Waals surface area contributed by atoms with E-state index in [1.807, 2.05) is 39.0 Å². The molecule has 0 aliphatic carbocycles. The van der Waals surface area contributed by atoms with Crippen molar-refractivity contribution >= 4 is 33.2 Å². The fourth-order valence-corrected chi connectivity index (χ4v) is 4.74. The number of nitrogens with zero attached hydrogens (tertiary/aromatic N) is 1. The second-order valence-electron chi connectivity index (χ2n) is 7.14. The molecule has 0 aromatic heterocycles. The van der Waals surface area contributed by atoms with Gasteiger partial charge in [-0.25, -0.2) is 8.42 Å². The summed E-state index contributed by atoms with van der Waals surface area (Å²) < 4.78 is 31.1. The lowest BCUT2D eigenvalue weighted by Gasteiger charge is -2.29. The topological polar surface area (TPSA) is 75.7 Å². The molecule has 8 heteroatoms. The third kappa shape index (κ3) is 5.42. The maximum Gasteiger partial charge on any atom is 0.244 e. The number of hydrogen-bond donors (Lipinski definition) is 1. The smallest absolute Gasteiger partial charge is 0.244 e. The van der Waals surface area contributed by atoms with Gasteiger partial charge in [0.05, 0.1) is 30.1 Å². The molecule has 2 rings (SSSR count). The molecule has 2 aromatic carbocycles. The molecule has 2 aromatic rings. The summed E-state index contributed by atoms with van der Waals surface area (Å²) in [5.74, 6) is 0.0132. The number of rotatable bonds is 7. The van der Waals surface area contributed by atoms with Gasteiger partial charge in [0.15, 0.2) is 0 Å². The zero-order chi connectivity index (χ0) is 21.9. The number of carbonyl (C=O) groups excluding carboxylic acids is 1. The number of ether oxygens (including phenoxy) is 1. The Balaban J connectivity index is 2.30. The largest absolute Gasteiger partial charge is 0.495 e. The predicted molar refractivity (Wildman–Crippen MR) is 117 cm³/mol. The van der Waals surface area contributed by atoms with Crippen LogP contribution < -0.4 is 14.4 Å². The Hall–Kier alpha value is -2.25. The second-order valence-corrected chi connectivity index (χ2v) is 9.41.